The van der Waals surface area contributed by atoms with Gasteiger partial charge < -0.3 is 10.1 Å². The molecule has 150 valence electrons. The van der Waals surface area contributed by atoms with Gasteiger partial charge in [-0.2, -0.15) is 0 Å². The Morgan fingerprint density at radius 3 is 2.24 bits per heavy atom. The van der Waals surface area contributed by atoms with Crippen LogP contribution in [0, 0.1) is 0 Å². The molecule has 3 rings (SSSR count). The number of halogens is 1. The molecule has 0 heterocycles. The first-order chi connectivity index (χ1) is 13.9. The lowest BCUT2D eigenvalue weighted by molar-refractivity contribution is -0.118. The maximum Gasteiger partial charge on any atom is 0.262 e. The van der Waals surface area contributed by atoms with Crippen LogP contribution in [0.4, 0.5) is 5.69 Å². The molecular weight excluding hydrogens is 456 g/mol. The van der Waals surface area contributed by atoms with Crippen LogP contribution in [0.5, 0.6) is 5.75 Å². The van der Waals surface area contributed by atoms with Crippen molar-refractivity contribution in [1.29, 1.82) is 0 Å². The average Bonchev–Trinajstić information content (AvgIpc) is 2.74. The van der Waals surface area contributed by atoms with Crippen molar-refractivity contribution in [2.24, 2.45) is 0 Å². The third-order valence-electron chi connectivity index (χ3n) is 3.96. The molecule has 0 bridgehead atoms. The third-order valence-corrected chi connectivity index (χ3v) is 6.07. The van der Waals surface area contributed by atoms with Crippen molar-refractivity contribution in [3.8, 4) is 5.75 Å². The molecular formula is C21H19BrN2O4S. The molecule has 3 aromatic rings. The number of hydrogen-bond acceptors (Lipinski definition) is 4. The number of hydrogen-bond donors (Lipinski definition) is 2. The van der Waals surface area contributed by atoms with Gasteiger partial charge in [-0.15, -0.1) is 0 Å². The molecule has 0 spiro atoms. The number of amides is 1. The highest BCUT2D eigenvalue weighted by atomic mass is 79.9. The molecule has 0 unspecified atom stereocenters. The largest absolute Gasteiger partial charge is 0.484 e. The van der Waals surface area contributed by atoms with Gasteiger partial charge in [-0.1, -0.05) is 42.5 Å². The van der Waals surface area contributed by atoms with Crippen LogP contribution in [0.3, 0.4) is 0 Å². The summed E-state index contributed by atoms with van der Waals surface area (Å²) in [6, 6.07) is 22.4. The minimum Gasteiger partial charge on any atom is -0.484 e. The second kappa shape index (κ2) is 9.69. The predicted octanol–water partition coefficient (Wildman–Crippen LogP) is 3.95. The summed E-state index contributed by atoms with van der Waals surface area (Å²) in [6.45, 7) is 0.0102. The minimum atomic E-state index is -3.64. The van der Waals surface area contributed by atoms with E-state index in [9.17, 15) is 13.2 Å². The fraction of sp³-hybridized carbons (Fsp3) is 0.0952. The number of carbonyl (C=O) groups excluding carboxylic acids is 1. The number of benzene rings is 3. The van der Waals surface area contributed by atoms with Crippen LogP contribution in [0.2, 0.25) is 0 Å². The first-order valence-corrected chi connectivity index (χ1v) is 11.0. The number of sulfonamides is 1. The van der Waals surface area contributed by atoms with E-state index >= 15 is 0 Å². The molecule has 1 amide bonds. The molecule has 0 saturated heterocycles. The molecule has 0 aliphatic rings. The van der Waals surface area contributed by atoms with Crippen LogP contribution in [-0.2, 0) is 21.4 Å². The Hall–Kier alpha value is -2.68. The smallest absolute Gasteiger partial charge is 0.262 e. The van der Waals surface area contributed by atoms with Crippen LogP contribution < -0.4 is 14.8 Å². The molecule has 0 saturated carbocycles. The van der Waals surface area contributed by atoms with Gasteiger partial charge in [-0.05, 0) is 57.9 Å². The van der Waals surface area contributed by atoms with Crippen molar-refractivity contribution in [2.75, 3.05) is 11.9 Å². The van der Waals surface area contributed by atoms with E-state index in [1.165, 1.54) is 24.3 Å². The zero-order chi connectivity index (χ0) is 20.7. The molecule has 3 aromatic carbocycles. The Morgan fingerprint density at radius 1 is 0.897 bits per heavy atom. The standard InChI is InChI=1S/C21H19BrN2O4S/c22-19-8-4-5-9-20(19)24-21(25)15-28-17-10-12-18(13-11-17)29(26,27)23-14-16-6-2-1-3-7-16/h1-13,23H,14-15H2,(H,24,25). The summed E-state index contributed by atoms with van der Waals surface area (Å²) in [5.74, 6) is 0.0763. The van der Waals surface area contributed by atoms with Crippen LogP contribution in [-0.4, -0.2) is 20.9 Å². The fourth-order valence-electron chi connectivity index (χ4n) is 2.47. The second-order valence-electron chi connectivity index (χ2n) is 6.10. The van der Waals surface area contributed by atoms with Gasteiger partial charge in [0.15, 0.2) is 6.61 Å². The molecule has 2 N–H and O–H groups in total. The number of rotatable bonds is 8. The summed E-state index contributed by atoms with van der Waals surface area (Å²) < 4.78 is 33.6. The van der Waals surface area contributed by atoms with Gasteiger partial charge in [0, 0.05) is 11.0 Å². The Bertz CT molecular complexity index is 1070. The van der Waals surface area contributed by atoms with E-state index < -0.39 is 10.0 Å². The van der Waals surface area contributed by atoms with Crippen LogP contribution in [0.25, 0.3) is 0 Å². The van der Waals surface area contributed by atoms with Crippen molar-refractivity contribution >= 4 is 37.5 Å². The highest BCUT2D eigenvalue weighted by Gasteiger charge is 2.14. The lowest BCUT2D eigenvalue weighted by atomic mass is 10.2. The number of nitrogens with one attached hydrogen (secondary N) is 2. The van der Waals surface area contributed by atoms with Gasteiger partial charge in [0.1, 0.15) is 5.75 Å². The molecule has 0 aromatic heterocycles. The summed E-state index contributed by atoms with van der Waals surface area (Å²) in [5.41, 5.74) is 1.51. The molecule has 6 nitrogen and oxygen atoms in total. The van der Waals surface area contributed by atoms with E-state index in [1.807, 2.05) is 48.5 Å². The first-order valence-electron chi connectivity index (χ1n) is 8.75. The van der Waals surface area contributed by atoms with E-state index in [4.69, 9.17) is 4.74 Å². The van der Waals surface area contributed by atoms with Crippen LogP contribution >= 0.6 is 15.9 Å². The Balaban J connectivity index is 1.54. The molecule has 0 radical (unpaired) electrons. The zero-order valence-corrected chi connectivity index (χ0v) is 17.7. The lowest BCUT2D eigenvalue weighted by Crippen LogP contribution is -2.23. The lowest BCUT2D eigenvalue weighted by Gasteiger charge is -2.10. The van der Waals surface area contributed by atoms with E-state index in [2.05, 4.69) is 26.0 Å². The fourth-order valence-corrected chi connectivity index (χ4v) is 3.87. The maximum absolute atomic E-state index is 12.4. The quantitative estimate of drug-likeness (QED) is 0.517. The van der Waals surface area contributed by atoms with Gasteiger partial charge >= 0.3 is 0 Å². The van der Waals surface area contributed by atoms with Gasteiger partial charge in [-0.3, -0.25) is 4.79 Å². The summed E-state index contributed by atoms with van der Waals surface area (Å²) in [4.78, 5) is 12.1. The molecule has 0 atom stereocenters. The van der Waals surface area contributed by atoms with Crippen LogP contribution in [0.15, 0.2) is 88.2 Å². The highest BCUT2D eigenvalue weighted by Crippen LogP contribution is 2.21. The van der Waals surface area contributed by atoms with Crippen molar-refractivity contribution in [3.05, 3.63) is 88.9 Å². The third kappa shape index (κ3) is 6.15. The van der Waals surface area contributed by atoms with Gasteiger partial charge in [0.2, 0.25) is 10.0 Å². The Morgan fingerprint density at radius 2 is 1.55 bits per heavy atom. The molecule has 0 fully saturated rings. The predicted molar refractivity (Wildman–Crippen MR) is 115 cm³/mol. The van der Waals surface area contributed by atoms with Crippen molar-refractivity contribution in [1.82, 2.24) is 4.72 Å². The summed E-state index contributed by atoms with van der Waals surface area (Å²) >= 11 is 3.36. The molecule has 0 aliphatic carbocycles. The molecule has 0 aliphatic heterocycles. The Labute approximate surface area is 178 Å². The normalized spacial score (nSPS) is 11.1. The number of para-hydroxylation sites is 1. The zero-order valence-electron chi connectivity index (χ0n) is 15.3. The number of carbonyl (C=O) groups is 1. The van der Waals surface area contributed by atoms with E-state index in [1.54, 1.807) is 6.07 Å². The molecule has 29 heavy (non-hydrogen) atoms. The topological polar surface area (TPSA) is 84.5 Å². The van der Waals surface area contributed by atoms with Gasteiger partial charge in [-0.25, -0.2) is 13.1 Å². The first kappa shape index (κ1) is 21.0. The minimum absolute atomic E-state index is 0.124. The van der Waals surface area contributed by atoms with Crippen molar-refractivity contribution in [2.45, 2.75) is 11.4 Å². The van der Waals surface area contributed by atoms with Crippen molar-refractivity contribution < 1.29 is 17.9 Å². The number of ether oxygens (including phenoxy) is 1. The maximum atomic E-state index is 12.4. The van der Waals surface area contributed by atoms with E-state index in [0.717, 1.165) is 10.0 Å². The Kier molecular flexibility index (Phi) is 7.03. The van der Waals surface area contributed by atoms with Gasteiger partial charge in [0.25, 0.3) is 5.91 Å². The summed E-state index contributed by atoms with van der Waals surface area (Å²) in [5, 5.41) is 2.73. The summed E-state index contributed by atoms with van der Waals surface area (Å²) in [6.07, 6.45) is 0. The van der Waals surface area contributed by atoms with E-state index in [0.29, 0.717) is 11.4 Å². The van der Waals surface area contributed by atoms with Crippen molar-refractivity contribution in [3.63, 3.8) is 0 Å². The highest BCUT2D eigenvalue weighted by molar-refractivity contribution is 9.10. The number of anilines is 1. The van der Waals surface area contributed by atoms with Crippen LogP contribution in [0.1, 0.15) is 5.56 Å². The second-order valence-corrected chi connectivity index (χ2v) is 8.72. The van der Waals surface area contributed by atoms with E-state index in [-0.39, 0.29) is 24.0 Å². The average molecular weight is 475 g/mol. The van der Waals surface area contributed by atoms with Gasteiger partial charge in [0.05, 0.1) is 10.6 Å². The molecule has 8 heteroatoms. The SMILES string of the molecule is O=C(COc1ccc(S(=O)(=O)NCc2ccccc2)cc1)Nc1ccccc1Br. The summed E-state index contributed by atoms with van der Waals surface area (Å²) in [7, 11) is -3.64. The monoisotopic (exact) mass is 474 g/mol.